The first-order chi connectivity index (χ1) is 12.8. The molecule has 4 rings (SSSR count). The van der Waals surface area contributed by atoms with E-state index in [9.17, 15) is 0 Å². The van der Waals surface area contributed by atoms with Crippen molar-refractivity contribution in [3.8, 4) is 0 Å². The quantitative estimate of drug-likeness (QED) is 0.564. The van der Waals surface area contributed by atoms with Crippen molar-refractivity contribution in [1.29, 1.82) is 0 Å². The number of nitrogens with zero attached hydrogens (tertiary/aromatic N) is 2. The first-order valence-corrected chi connectivity index (χ1v) is 11.4. The monoisotopic (exact) mass is 404 g/mol. The third-order valence-corrected chi connectivity index (χ3v) is 7.20. The number of benzene rings is 1. The zero-order chi connectivity index (χ0) is 19.1. The lowest BCUT2D eigenvalue weighted by Crippen LogP contribution is -2.47. The molecule has 3 aliphatic rings. The number of piperazine rings is 1. The van der Waals surface area contributed by atoms with Gasteiger partial charge in [-0.3, -0.25) is 4.90 Å². The van der Waals surface area contributed by atoms with Gasteiger partial charge in [0.25, 0.3) is 0 Å². The Balaban J connectivity index is 0.00000225. The Morgan fingerprint density at radius 2 is 1.50 bits per heavy atom. The van der Waals surface area contributed by atoms with E-state index in [0.717, 1.165) is 5.92 Å². The van der Waals surface area contributed by atoms with Crippen LogP contribution in [0, 0.1) is 16.7 Å². The van der Waals surface area contributed by atoms with Crippen LogP contribution in [0.5, 0.6) is 0 Å². The summed E-state index contributed by atoms with van der Waals surface area (Å²) in [6, 6.07) is 9.33. The van der Waals surface area contributed by atoms with E-state index in [0.29, 0.717) is 16.7 Å². The Kier molecular flexibility index (Phi) is 6.72. The molecule has 158 valence electrons. The third-order valence-electron chi connectivity index (χ3n) is 7.20. The van der Waals surface area contributed by atoms with Crippen molar-refractivity contribution in [2.24, 2.45) is 16.7 Å². The van der Waals surface area contributed by atoms with Crippen LogP contribution in [0.2, 0.25) is 0 Å². The highest BCUT2D eigenvalue weighted by Gasteiger charge is 2.39. The molecule has 1 aromatic carbocycles. The van der Waals surface area contributed by atoms with Crippen molar-refractivity contribution >= 4 is 18.1 Å². The first-order valence-electron chi connectivity index (χ1n) is 11.4. The van der Waals surface area contributed by atoms with E-state index in [1.165, 1.54) is 76.9 Å². The molecule has 3 heteroatoms. The number of para-hydroxylation sites is 1. The van der Waals surface area contributed by atoms with Crippen LogP contribution in [0.1, 0.15) is 77.7 Å². The molecule has 1 aromatic rings. The average Bonchev–Trinajstić information content (AvgIpc) is 3.42. The summed E-state index contributed by atoms with van der Waals surface area (Å²) < 4.78 is 0. The molecule has 0 amide bonds. The predicted octanol–water partition coefficient (Wildman–Crippen LogP) is 6.35. The van der Waals surface area contributed by atoms with E-state index in [1.807, 2.05) is 0 Å². The SMILES string of the molecule is CC1(C)CC(c2ccccc2N2CCN(CCC3CC3)CC2)CC(C)(C)C1.Cl. The summed E-state index contributed by atoms with van der Waals surface area (Å²) in [6.45, 7) is 16.1. The van der Waals surface area contributed by atoms with E-state index in [4.69, 9.17) is 0 Å². The van der Waals surface area contributed by atoms with Gasteiger partial charge in [0.15, 0.2) is 0 Å². The molecule has 1 saturated heterocycles. The van der Waals surface area contributed by atoms with Gasteiger partial charge in [-0.15, -0.1) is 12.4 Å². The van der Waals surface area contributed by atoms with Crippen molar-refractivity contribution < 1.29 is 0 Å². The van der Waals surface area contributed by atoms with E-state index in [2.05, 4.69) is 61.8 Å². The van der Waals surface area contributed by atoms with Crippen molar-refractivity contribution in [3.05, 3.63) is 29.8 Å². The van der Waals surface area contributed by atoms with Gasteiger partial charge >= 0.3 is 0 Å². The van der Waals surface area contributed by atoms with E-state index >= 15 is 0 Å². The lowest BCUT2D eigenvalue weighted by atomic mass is 9.60. The molecule has 1 aliphatic heterocycles. The number of hydrogen-bond acceptors (Lipinski definition) is 2. The van der Waals surface area contributed by atoms with E-state index in [-0.39, 0.29) is 12.4 Å². The summed E-state index contributed by atoms with van der Waals surface area (Å²) in [7, 11) is 0. The molecule has 0 N–H and O–H groups in total. The minimum atomic E-state index is 0. The maximum atomic E-state index is 2.70. The van der Waals surface area contributed by atoms with Crippen molar-refractivity contribution in [2.75, 3.05) is 37.6 Å². The fourth-order valence-corrected chi connectivity index (χ4v) is 6.17. The van der Waals surface area contributed by atoms with Crippen LogP contribution in [0.3, 0.4) is 0 Å². The van der Waals surface area contributed by atoms with Gasteiger partial charge in [0.1, 0.15) is 0 Å². The molecule has 0 spiro atoms. The summed E-state index contributed by atoms with van der Waals surface area (Å²) in [5.74, 6) is 1.76. The van der Waals surface area contributed by atoms with Gasteiger partial charge in [-0.1, -0.05) is 58.7 Å². The largest absolute Gasteiger partial charge is 0.369 e. The topological polar surface area (TPSA) is 6.48 Å². The zero-order valence-electron chi connectivity index (χ0n) is 18.5. The van der Waals surface area contributed by atoms with Gasteiger partial charge in [-0.05, 0) is 66.5 Å². The molecule has 2 aliphatic carbocycles. The van der Waals surface area contributed by atoms with E-state index < -0.39 is 0 Å². The maximum Gasteiger partial charge on any atom is 0.0402 e. The Morgan fingerprint density at radius 3 is 2.11 bits per heavy atom. The Bertz CT molecular complexity index is 626. The molecule has 0 radical (unpaired) electrons. The van der Waals surface area contributed by atoms with Gasteiger partial charge in [0.2, 0.25) is 0 Å². The number of halogens is 1. The first kappa shape index (κ1) is 22.0. The van der Waals surface area contributed by atoms with Crippen LogP contribution >= 0.6 is 12.4 Å². The van der Waals surface area contributed by atoms with Crippen molar-refractivity contribution in [2.45, 2.75) is 72.1 Å². The second-order valence-electron chi connectivity index (χ2n) is 11.2. The molecule has 28 heavy (non-hydrogen) atoms. The zero-order valence-corrected chi connectivity index (χ0v) is 19.4. The summed E-state index contributed by atoms with van der Waals surface area (Å²) >= 11 is 0. The number of anilines is 1. The predicted molar refractivity (Wildman–Crippen MR) is 124 cm³/mol. The number of hydrogen-bond donors (Lipinski definition) is 0. The minimum absolute atomic E-state index is 0. The van der Waals surface area contributed by atoms with Crippen LogP contribution in [0.4, 0.5) is 5.69 Å². The molecule has 0 aromatic heterocycles. The Labute approximate surface area is 179 Å². The van der Waals surface area contributed by atoms with Crippen LogP contribution < -0.4 is 4.90 Å². The Morgan fingerprint density at radius 1 is 0.893 bits per heavy atom. The second kappa shape index (κ2) is 8.56. The molecular weight excluding hydrogens is 364 g/mol. The van der Waals surface area contributed by atoms with Gasteiger partial charge < -0.3 is 4.90 Å². The van der Waals surface area contributed by atoms with Crippen LogP contribution in [0.15, 0.2) is 24.3 Å². The number of rotatable bonds is 5. The molecule has 0 atom stereocenters. The highest BCUT2D eigenvalue weighted by molar-refractivity contribution is 5.85. The molecule has 0 bridgehead atoms. The highest BCUT2D eigenvalue weighted by atomic mass is 35.5. The van der Waals surface area contributed by atoms with Gasteiger partial charge in [0, 0.05) is 31.9 Å². The van der Waals surface area contributed by atoms with Crippen LogP contribution in [-0.2, 0) is 0 Å². The lowest BCUT2D eigenvalue weighted by Gasteiger charge is -2.46. The molecule has 3 fully saturated rings. The standard InChI is InChI=1S/C25H40N2.ClH/c1-24(2)17-21(18-25(3,4)19-24)22-7-5-6-8-23(22)27-15-13-26(14-16-27)12-11-20-9-10-20;/h5-8,20-21H,9-19H2,1-4H3;1H. The Hall–Kier alpha value is -0.730. The minimum Gasteiger partial charge on any atom is -0.369 e. The smallest absolute Gasteiger partial charge is 0.0402 e. The van der Waals surface area contributed by atoms with Crippen molar-refractivity contribution in [3.63, 3.8) is 0 Å². The highest BCUT2D eigenvalue weighted by Crippen LogP contribution is 2.53. The maximum absolute atomic E-state index is 2.70. The third kappa shape index (κ3) is 5.45. The summed E-state index contributed by atoms with van der Waals surface area (Å²) in [6.07, 6.45) is 8.41. The van der Waals surface area contributed by atoms with Gasteiger partial charge in [-0.2, -0.15) is 0 Å². The average molecular weight is 405 g/mol. The van der Waals surface area contributed by atoms with E-state index in [1.54, 1.807) is 5.56 Å². The molecular formula is C25H41ClN2. The van der Waals surface area contributed by atoms with Crippen LogP contribution in [-0.4, -0.2) is 37.6 Å². The molecule has 0 unspecified atom stereocenters. The summed E-state index contributed by atoms with van der Waals surface area (Å²) in [4.78, 5) is 5.38. The normalized spacial score (nSPS) is 25.4. The summed E-state index contributed by atoms with van der Waals surface area (Å²) in [5.41, 5.74) is 4.03. The van der Waals surface area contributed by atoms with Gasteiger partial charge in [0.05, 0.1) is 0 Å². The lowest BCUT2D eigenvalue weighted by molar-refractivity contribution is 0.0970. The molecule has 1 heterocycles. The fourth-order valence-electron chi connectivity index (χ4n) is 6.17. The van der Waals surface area contributed by atoms with Gasteiger partial charge in [-0.25, -0.2) is 0 Å². The van der Waals surface area contributed by atoms with Crippen molar-refractivity contribution in [1.82, 2.24) is 4.90 Å². The second-order valence-corrected chi connectivity index (χ2v) is 11.2. The van der Waals surface area contributed by atoms with Crippen LogP contribution in [0.25, 0.3) is 0 Å². The summed E-state index contributed by atoms with van der Waals surface area (Å²) in [5, 5.41) is 0. The molecule has 2 nitrogen and oxygen atoms in total. The molecule has 2 saturated carbocycles. The fraction of sp³-hybridized carbons (Fsp3) is 0.760.